The van der Waals surface area contributed by atoms with Gasteiger partial charge in [0.2, 0.25) is 0 Å². The fourth-order valence-corrected chi connectivity index (χ4v) is 4.49. The van der Waals surface area contributed by atoms with Gasteiger partial charge in [0.25, 0.3) is 0 Å². The van der Waals surface area contributed by atoms with Gasteiger partial charge < -0.3 is 5.32 Å². The highest BCUT2D eigenvalue weighted by atomic mass is 15.2. The monoisotopic (exact) mass is 272 g/mol. The molecular weight excluding hydrogens is 244 g/mol. The Bertz CT molecular complexity index is 408. The Morgan fingerprint density at radius 3 is 2.45 bits per heavy atom. The van der Waals surface area contributed by atoms with Gasteiger partial charge in [-0.15, -0.1) is 0 Å². The van der Waals surface area contributed by atoms with Crippen LogP contribution in [0.15, 0.2) is 30.3 Å². The molecule has 2 unspecified atom stereocenters. The maximum absolute atomic E-state index is 3.63. The van der Waals surface area contributed by atoms with Crippen LogP contribution in [-0.2, 0) is 6.54 Å². The molecule has 2 atom stereocenters. The molecule has 0 radical (unpaired) electrons. The molecule has 2 heteroatoms. The van der Waals surface area contributed by atoms with Crippen molar-refractivity contribution in [1.29, 1.82) is 0 Å². The number of rotatable bonds is 2. The van der Waals surface area contributed by atoms with Crippen molar-refractivity contribution in [1.82, 2.24) is 10.2 Å². The van der Waals surface area contributed by atoms with Gasteiger partial charge in [-0.1, -0.05) is 30.3 Å². The molecule has 0 aliphatic carbocycles. The van der Waals surface area contributed by atoms with E-state index in [1.165, 1.54) is 44.3 Å². The predicted octanol–water partition coefficient (Wildman–Crippen LogP) is 3.43. The van der Waals surface area contributed by atoms with Crippen LogP contribution in [0.5, 0.6) is 0 Å². The van der Waals surface area contributed by atoms with Crippen molar-refractivity contribution in [2.75, 3.05) is 13.1 Å². The highest BCUT2D eigenvalue weighted by Gasteiger charge is 2.41. The number of nitrogens with one attached hydrogen (secondary N) is 1. The van der Waals surface area contributed by atoms with Gasteiger partial charge in [0.05, 0.1) is 0 Å². The quantitative estimate of drug-likeness (QED) is 0.887. The molecule has 0 saturated carbocycles. The first-order valence-electron chi connectivity index (χ1n) is 8.19. The molecule has 0 amide bonds. The third-order valence-corrected chi connectivity index (χ3v) is 5.36. The van der Waals surface area contributed by atoms with Crippen molar-refractivity contribution in [3.05, 3.63) is 35.9 Å². The van der Waals surface area contributed by atoms with Gasteiger partial charge in [-0.05, 0) is 57.1 Å². The summed E-state index contributed by atoms with van der Waals surface area (Å²) in [5.74, 6) is 0. The molecule has 2 aliphatic heterocycles. The van der Waals surface area contributed by atoms with Gasteiger partial charge in [-0.25, -0.2) is 0 Å². The van der Waals surface area contributed by atoms with Crippen molar-refractivity contribution in [3.63, 3.8) is 0 Å². The minimum Gasteiger partial charge on any atom is -0.316 e. The second kappa shape index (κ2) is 5.87. The summed E-state index contributed by atoms with van der Waals surface area (Å²) in [5, 5.41) is 3.63. The zero-order valence-electron chi connectivity index (χ0n) is 12.9. The van der Waals surface area contributed by atoms with Crippen molar-refractivity contribution >= 4 is 0 Å². The fraction of sp³-hybridized carbons (Fsp3) is 0.667. The second-order valence-electron chi connectivity index (χ2n) is 7.04. The molecule has 2 aliphatic rings. The maximum atomic E-state index is 3.63. The summed E-state index contributed by atoms with van der Waals surface area (Å²) in [5.41, 5.74) is 2.02. The van der Waals surface area contributed by atoms with Gasteiger partial charge in [-0.2, -0.15) is 0 Å². The first-order chi connectivity index (χ1) is 9.69. The molecule has 1 aromatic rings. The minimum atomic E-state index is 0.574. The van der Waals surface area contributed by atoms with E-state index >= 15 is 0 Å². The molecule has 1 aromatic carbocycles. The van der Waals surface area contributed by atoms with Crippen molar-refractivity contribution < 1.29 is 0 Å². The van der Waals surface area contributed by atoms with E-state index in [1.807, 2.05) is 0 Å². The average molecular weight is 272 g/mol. The lowest BCUT2D eigenvalue weighted by Crippen LogP contribution is -2.54. The third kappa shape index (κ3) is 2.91. The largest absolute Gasteiger partial charge is 0.316 e. The van der Waals surface area contributed by atoms with Crippen LogP contribution in [-0.4, -0.2) is 30.1 Å². The predicted molar refractivity (Wildman–Crippen MR) is 84.7 cm³/mol. The number of piperidine rings is 2. The Kier molecular flexibility index (Phi) is 4.13. The molecular formula is C18H28N2. The summed E-state index contributed by atoms with van der Waals surface area (Å²) in [6.07, 6.45) is 5.50. The number of nitrogens with zero attached hydrogens (tertiary/aromatic N) is 1. The zero-order chi connectivity index (χ0) is 14.0. The molecule has 2 heterocycles. The molecule has 0 bridgehead atoms. The van der Waals surface area contributed by atoms with Crippen LogP contribution in [0.1, 0.15) is 45.1 Å². The van der Waals surface area contributed by atoms with E-state index in [1.54, 1.807) is 0 Å². The highest BCUT2D eigenvalue weighted by Crippen LogP contribution is 2.43. The van der Waals surface area contributed by atoms with Crippen molar-refractivity contribution in [3.8, 4) is 0 Å². The standard InChI is InChI=1S/C18H28N2/c1-15-11-18(9-6-10-19-14-18)12-16(2)20(15)13-17-7-4-3-5-8-17/h3-5,7-8,15-16,19H,6,9-14H2,1-2H3. The van der Waals surface area contributed by atoms with E-state index in [0.717, 1.165) is 6.54 Å². The van der Waals surface area contributed by atoms with E-state index in [4.69, 9.17) is 0 Å². The first-order valence-corrected chi connectivity index (χ1v) is 8.19. The SMILES string of the molecule is CC1CC2(CCCNC2)CC(C)N1Cc1ccccc1. The second-order valence-corrected chi connectivity index (χ2v) is 7.04. The lowest BCUT2D eigenvalue weighted by atomic mass is 9.68. The lowest BCUT2D eigenvalue weighted by molar-refractivity contribution is -0.00373. The Morgan fingerprint density at radius 1 is 1.15 bits per heavy atom. The first kappa shape index (κ1) is 14.1. The molecule has 1 spiro atoms. The molecule has 3 rings (SSSR count). The molecule has 110 valence electrons. The number of likely N-dealkylation sites (tertiary alicyclic amines) is 1. The van der Waals surface area contributed by atoms with Crippen LogP contribution in [0.3, 0.4) is 0 Å². The summed E-state index contributed by atoms with van der Waals surface area (Å²) in [6.45, 7) is 8.41. The topological polar surface area (TPSA) is 15.3 Å². The molecule has 1 N–H and O–H groups in total. The number of benzene rings is 1. The molecule has 2 fully saturated rings. The van der Waals surface area contributed by atoms with Gasteiger partial charge in [0.1, 0.15) is 0 Å². The van der Waals surface area contributed by atoms with Crippen LogP contribution >= 0.6 is 0 Å². The van der Waals surface area contributed by atoms with Gasteiger partial charge in [0.15, 0.2) is 0 Å². The average Bonchev–Trinajstić information content (AvgIpc) is 2.45. The van der Waals surface area contributed by atoms with E-state index in [2.05, 4.69) is 54.4 Å². The summed E-state index contributed by atoms with van der Waals surface area (Å²) < 4.78 is 0. The lowest BCUT2D eigenvalue weighted by Gasteiger charge is -2.51. The van der Waals surface area contributed by atoms with E-state index in [0.29, 0.717) is 17.5 Å². The van der Waals surface area contributed by atoms with E-state index < -0.39 is 0 Å². The van der Waals surface area contributed by atoms with Crippen LogP contribution in [0.25, 0.3) is 0 Å². The normalized spacial score (nSPS) is 35.3. The van der Waals surface area contributed by atoms with Gasteiger partial charge in [-0.3, -0.25) is 4.90 Å². The van der Waals surface area contributed by atoms with Gasteiger partial charge >= 0.3 is 0 Å². The molecule has 2 nitrogen and oxygen atoms in total. The minimum absolute atomic E-state index is 0.574. The number of hydrogen-bond acceptors (Lipinski definition) is 2. The Hall–Kier alpha value is -0.860. The van der Waals surface area contributed by atoms with Gasteiger partial charge in [0, 0.05) is 25.2 Å². The number of hydrogen-bond donors (Lipinski definition) is 1. The molecule has 20 heavy (non-hydrogen) atoms. The smallest absolute Gasteiger partial charge is 0.0239 e. The molecule has 2 saturated heterocycles. The summed E-state index contributed by atoms with van der Waals surface area (Å²) in [6, 6.07) is 12.3. The maximum Gasteiger partial charge on any atom is 0.0239 e. The van der Waals surface area contributed by atoms with Crippen molar-refractivity contribution in [2.24, 2.45) is 5.41 Å². The summed E-state index contributed by atoms with van der Waals surface area (Å²) >= 11 is 0. The Morgan fingerprint density at radius 2 is 1.85 bits per heavy atom. The van der Waals surface area contributed by atoms with Crippen LogP contribution in [0.2, 0.25) is 0 Å². The zero-order valence-corrected chi connectivity index (χ0v) is 12.9. The Labute approximate surface area is 123 Å². The van der Waals surface area contributed by atoms with Crippen molar-refractivity contribution in [2.45, 2.75) is 58.2 Å². The third-order valence-electron chi connectivity index (χ3n) is 5.36. The summed E-state index contributed by atoms with van der Waals surface area (Å²) in [7, 11) is 0. The Balaban J connectivity index is 1.69. The molecule has 0 aromatic heterocycles. The van der Waals surface area contributed by atoms with Crippen LogP contribution in [0.4, 0.5) is 0 Å². The fourth-order valence-electron chi connectivity index (χ4n) is 4.49. The van der Waals surface area contributed by atoms with Crippen LogP contribution < -0.4 is 5.32 Å². The summed E-state index contributed by atoms with van der Waals surface area (Å²) in [4.78, 5) is 2.70. The van der Waals surface area contributed by atoms with E-state index in [-0.39, 0.29) is 0 Å². The highest BCUT2D eigenvalue weighted by molar-refractivity contribution is 5.15. The van der Waals surface area contributed by atoms with E-state index in [9.17, 15) is 0 Å². The van der Waals surface area contributed by atoms with Crippen LogP contribution in [0, 0.1) is 5.41 Å².